The number of carbonyl (C=O) groups is 1. The molecule has 2 aliphatic heterocycles. The van der Waals surface area contributed by atoms with Crippen molar-refractivity contribution < 1.29 is 9.53 Å². The van der Waals surface area contributed by atoms with Crippen LogP contribution in [0.2, 0.25) is 5.02 Å². The zero-order chi connectivity index (χ0) is 21.6. The molecule has 1 N–H and O–H groups in total. The molecule has 2 aromatic rings. The van der Waals surface area contributed by atoms with E-state index in [1.165, 1.54) is 5.69 Å². The fourth-order valence-corrected chi connectivity index (χ4v) is 5.51. The number of carbonyl (C=O) groups excluding carboxylic acids is 1. The third kappa shape index (κ3) is 5.40. The molecule has 6 nitrogen and oxygen atoms in total. The Balaban J connectivity index is 1.33. The zero-order valence-corrected chi connectivity index (χ0v) is 19.4. The molecule has 0 aromatic heterocycles. The lowest BCUT2D eigenvalue weighted by Gasteiger charge is -2.36. The number of urea groups is 1. The van der Waals surface area contributed by atoms with Gasteiger partial charge in [0.05, 0.1) is 0 Å². The highest BCUT2D eigenvalue weighted by molar-refractivity contribution is 7.99. The molecule has 0 aliphatic carbocycles. The van der Waals surface area contributed by atoms with Crippen LogP contribution in [0.5, 0.6) is 5.75 Å². The molecule has 2 aliphatic rings. The van der Waals surface area contributed by atoms with Gasteiger partial charge in [-0.3, -0.25) is 4.90 Å². The first-order valence-corrected chi connectivity index (χ1v) is 12.1. The lowest BCUT2D eigenvalue weighted by molar-refractivity contribution is 0.194. The Kier molecular flexibility index (Phi) is 7.48. The predicted octanol–water partition coefficient (Wildman–Crippen LogP) is 3.93. The van der Waals surface area contributed by atoms with E-state index in [0.29, 0.717) is 11.6 Å². The summed E-state index contributed by atoms with van der Waals surface area (Å²) in [5.74, 6) is 1.68. The van der Waals surface area contributed by atoms with Crippen LogP contribution in [0, 0.1) is 0 Å². The van der Waals surface area contributed by atoms with Gasteiger partial charge in [-0.15, -0.1) is 11.8 Å². The van der Waals surface area contributed by atoms with E-state index < -0.39 is 0 Å². The first-order chi connectivity index (χ1) is 15.2. The number of hydrogen-bond donors (Lipinski definition) is 1. The molecule has 4 rings (SSSR count). The van der Waals surface area contributed by atoms with Crippen LogP contribution in [0.3, 0.4) is 0 Å². The van der Waals surface area contributed by atoms with Crippen molar-refractivity contribution in [3.8, 4) is 5.75 Å². The molecule has 2 amide bonds. The fourth-order valence-electron chi connectivity index (χ4n) is 4.07. The third-order valence-corrected chi connectivity index (χ3v) is 7.24. The van der Waals surface area contributed by atoms with Gasteiger partial charge in [-0.1, -0.05) is 35.9 Å². The Bertz CT molecular complexity index is 877. The van der Waals surface area contributed by atoms with E-state index in [-0.39, 0.29) is 11.4 Å². The summed E-state index contributed by atoms with van der Waals surface area (Å²) >= 11 is 8.01. The summed E-state index contributed by atoms with van der Waals surface area (Å²) in [6.07, 6.45) is 0. The van der Waals surface area contributed by atoms with Gasteiger partial charge >= 0.3 is 6.03 Å². The van der Waals surface area contributed by atoms with Gasteiger partial charge in [0.2, 0.25) is 0 Å². The minimum Gasteiger partial charge on any atom is -0.492 e. The first kappa shape index (κ1) is 22.1. The minimum absolute atomic E-state index is 0.0540. The molecule has 0 bridgehead atoms. The molecule has 2 aromatic carbocycles. The lowest BCUT2D eigenvalue weighted by Crippen LogP contribution is -2.47. The number of amides is 2. The lowest BCUT2D eigenvalue weighted by atomic mass is 10.2. The van der Waals surface area contributed by atoms with Crippen molar-refractivity contribution >= 4 is 35.1 Å². The molecule has 1 unspecified atom stereocenters. The van der Waals surface area contributed by atoms with Crippen LogP contribution in [0.4, 0.5) is 10.5 Å². The molecule has 8 heteroatoms. The summed E-state index contributed by atoms with van der Waals surface area (Å²) < 4.78 is 6.19. The summed E-state index contributed by atoms with van der Waals surface area (Å²) in [4.78, 5) is 19.0. The van der Waals surface area contributed by atoms with Crippen LogP contribution in [0.25, 0.3) is 0 Å². The second-order valence-electron chi connectivity index (χ2n) is 7.67. The summed E-state index contributed by atoms with van der Waals surface area (Å²) in [6.45, 7) is 6.26. The van der Waals surface area contributed by atoms with Crippen LogP contribution < -0.4 is 15.0 Å². The van der Waals surface area contributed by atoms with Crippen LogP contribution >= 0.6 is 23.4 Å². The number of ether oxygens (including phenoxy) is 1. The number of nitrogens with one attached hydrogen (secondary N) is 1. The third-order valence-electron chi connectivity index (χ3n) is 5.77. The molecule has 166 valence electrons. The minimum atomic E-state index is -0.0628. The van der Waals surface area contributed by atoms with E-state index in [2.05, 4.69) is 45.4 Å². The number of benzene rings is 2. The maximum atomic E-state index is 12.2. The molecule has 2 saturated heterocycles. The van der Waals surface area contributed by atoms with E-state index in [0.717, 1.165) is 56.3 Å². The van der Waals surface area contributed by atoms with Gasteiger partial charge in [-0.05, 0) is 24.3 Å². The van der Waals surface area contributed by atoms with Gasteiger partial charge in [-0.2, -0.15) is 0 Å². The standard InChI is InChI=1S/C23H29ClN4O2S/c1-25-23(29)28-14-16-31-22(28)20-8-7-18(24)17-21(20)30-15-13-26-9-11-27(12-10-26)19-5-3-2-4-6-19/h2-8,17,22H,9-16H2,1H3,(H,25,29). The van der Waals surface area contributed by atoms with Crippen LogP contribution in [-0.2, 0) is 0 Å². The van der Waals surface area contributed by atoms with E-state index in [9.17, 15) is 4.79 Å². The molecule has 2 fully saturated rings. The Morgan fingerprint density at radius 2 is 1.90 bits per heavy atom. The van der Waals surface area contributed by atoms with Crippen LogP contribution in [-0.4, -0.2) is 74.5 Å². The number of rotatable bonds is 6. The molecular weight excluding hydrogens is 432 g/mol. The Labute approximate surface area is 193 Å². The second kappa shape index (κ2) is 10.5. The first-order valence-electron chi connectivity index (χ1n) is 10.7. The molecule has 31 heavy (non-hydrogen) atoms. The molecule has 2 heterocycles. The maximum Gasteiger partial charge on any atom is 0.318 e. The highest BCUT2D eigenvalue weighted by atomic mass is 35.5. The van der Waals surface area contributed by atoms with E-state index in [1.54, 1.807) is 18.8 Å². The van der Waals surface area contributed by atoms with E-state index in [4.69, 9.17) is 16.3 Å². The molecule has 0 radical (unpaired) electrons. The van der Waals surface area contributed by atoms with Gasteiger partial charge in [0, 0.05) is 68.3 Å². The van der Waals surface area contributed by atoms with Crippen molar-refractivity contribution in [1.29, 1.82) is 0 Å². The smallest absolute Gasteiger partial charge is 0.318 e. The Morgan fingerprint density at radius 1 is 1.13 bits per heavy atom. The average Bonchev–Trinajstić information content (AvgIpc) is 3.29. The topological polar surface area (TPSA) is 48.1 Å². The molecule has 0 saturated carbocycles. The zero-order valence-electron chi connectivity index (χ0n) is 17.8. The maximum absolute atomic E-state index is 12.2. The Hall–Kier alpha value is -2.09. The quantitative estimate of drug-likeness (QED) is 0.707. The summed E-state index contributed by atoms with van der Waals surface area (Å²) in [5.41, 5.74) is 2.29. The van der Waals surface area contributed by atoms with Gasteiger partial charge in [-0.25, -0.2) is 4.79 Å². The highest BCUT2D eigenvalue weighted by Gasteiger charge is 2.32. The number of thioether (sulfide) groups is 1. The molecule has 0 spiro atoms. The van der Waals surface area contributed by atoms with Crippen molar-refractivity contribution in [3.05, 3.63) is 59.1 Å². The number of piperazine rings is 1. The van der Waals surface area contributed by atoms with E-state index >= 15 is 0 Å². The van der Waals surface area contributed by atoms with Crippen LogP contribution in [0.15, 0.2) is 48.5 Å². The fraction of sp³-hybridized carbons (Fsp3) is 0.435. The number of hydrogen-bond acceptors (Lipinski definition) is 5. The summed E-state index contributed by atoms with van der Waals surface area (Å²) in [7, 11) is 1.67. The van der Waals surface area contributed by atoms with Crippen molar-refractivity contribution in [2.75, 3.05) is 63.6 Å². The van der Waals surface area contributed by atoms with Gasteiger partial charge in [0.25, 0.3) is 0 Å². The van der Waals surface area contributed by atoms with Crippen molar-refractivity contribution in [3.63, 3.8) is 0 Å². The van der Waals surface area contributed by atoms with Gasteiger partial charge in [0.1, 0.15) is 17.7 Å². The largest absolute Gasteiger partial charge is 0.492 e. The number of para-hydroxylation sites is 1. The average molecular weight is 461 g/mol. The monoisotopic (exact) mass is 460 g/mol. The highest BCUT2D eigenvalue weighted by Crippen LogP contribution is 2.42. The molecule has 1 atom stereocenters. The number of nitrogens with zero attached hydrogens (tertiary/aromatic N) is 3. The normalized spacial score (nSPS) is 19.5. The van der Waals surface area contributed by atoms with Crippen molar-refractivity contribution in [2.24, 2.45) is 0 Å². The second-order valence-corrected chi connectivity index (χ2v) is 9.29. The van der Waals surface area contributed by atoms with Gasteiger partial charge in [0.15, 0.2) is 0 Å². The summed E-state index contributed by atoms with van der Waals surface area (Å²) in [6, 6.07) is 16.2. The predicted molar refractivity (Wildman–Crippen MR) is 128 cm³/mol. The van der Waals surface area contributed by atoms with Crippen molar-refractivity contribution in [2.45, 2.75) is 5.37 Å². The number of halogens is 1. The van der Waals surface area contributed by atoms with Crippen molar-refractivity contribution in [1.82, 2.24) is 15.1 Å². The SMILES string of the molecule is CNC(=O)N1CCSC1c1ccc(Cl)cc1OCCN1CCN(c2ccccc2)CC1. The summed E-state index contributed by atoms with van der Waals surface area (Å²) in [5, 5.41) is 3.32. The van der Waals surface area contributed by atoms with Gasteiger partial charge < -0.3 is 19.9 Å². The Morgan fingerprint density at radius 3 is 2.65 bits per heavy atom. The molecular formula is C23H29ClN4O2S. The van der Waals surface area contributed by atoms with E-state index in [1.807, 2.05) is 23.1 Å². The number of anilines is 1. The van der Waals surface area contributed by atoms with Crippen LogP contribution in [0.1, 0.15) is 10.9 Å².